The summed E-state index contributed by atoms with van der Waals surface area (Å²) in [6, 6.07) is 1.97. The number of aromatic nitrogens is 1. The van der Waals surface area contributed by atoms with Gasteiger partial charge in [0.15, 0.2) is 0 Å². The van der Waals surface area contributed by atoms with Gasteiger partial charge in [0.25, 0.3) is 0 Å². The van der Waals surface area contributed by atoms with E-state index in [4.69, 9.17) is 0 Å². The SMILES string of the molecule is Cc1cc(C)c(C)c(CF)n1. The summed E-state index contributed by atoms with van der Waals surface area (Å²) in [7, 11) is 0. The topological polar surface area (TPSA) is 12.9 Å². The molecule has 0 saturated heterocycles. The molecule has 0 amide bonds. The third kappa shape index (κ3) is 1.56. The van der Waals surface area contributed by atoms with E-state index in [1.165, 1.54) is 0 Å². The van der Waals surface area contributed by atoms with Crippen molar-refractivity contribution in [3.05, 3.63) is 28.6 Å². The van der Waals surface area contributed by atoms with Crippen molar-refractivity contribution in [1.82, 2.24) is 4.98 Å². The third-order valence-corrected chi connectivity index (χ3v) is 1.89. The van der Waals surface area contributed by atoms with Crippen LogP contribution in [-0.2, 0) is 6.67 Å². The molecule has 0 aliphatic carbocycles. The molecular weight excluding hydrogens is 141 g/mol. The lowest BCUT2D eigenvalue weighted by atomic mass is 10.1. The van der Waals surface area contributed by atoms with Crippen LogP contribution in [0.25, 0.3) is 0 Å². The molecule has 1 heterocycles. The van der Waals surface area contributed by atoms with Gasteiger partial charge in [0.05, 0.1) is 5.69 Å². The van der Waals surface area contributed by atoms with Crippen molar-refractivity contribution in [1.29, 1.82) is 0 Å². The highest BCUT2D eigenvalue weighted by atomic mass is 19.1. The van der Waals surface area contributed by atoms with Crippen molar-refractivity contribution >= 4 is 0 Å². The van der Waals surface area contributed by atoms with Crippen LogP contribution in [0.5, 0.6) is 0 Å². The van der Waals surface area contributed by atoms with E-state index in [0.717, 1.165) is 16.8 Å². The summed E-state index contributed by atoms with van der Waals surface area (Å²) in [6.07, 6.45) is 0. The highest BCUT2D eigenvalue weighted by molar-refractivity contribution is 5.29. The maximum absolute atomic E-state index is 12.3. The maximum Gasteiger partial charge on any atom is 0.132 e. The number of nitrogens with zero attached hydrogens (tertiary/aromatic N) is 1. The van der Waals surface area contributed by atoms with E-state index in [1.54, 1.807) is 0 Å². The summed E-state index contributed by atoms with van der Waals surface area (Å²) in [5, 5.41) is 0. The van der Waals surface area contributed by atoms with Crippen LogP contribution in [0.1, 0.15) is 22.5 Å². The Labute approximate surface area is 66.3 Å². The molecule has 0 fully saturated rings. The molecule has 11 heavy (non-hydrogen) atoms. The third-order valence-electron chi connectivity index (χ3n) is 1.89. The van der Waals surface area contributed by atoms with Crippen molar-refractivity contribution in [2.24, 2.45) is 0 Å². The minimum atomic E-state index is -0.464. The van der Waals surface area contributed by atoms with Gasteiger partial charge >= 0.3 is 0 Å². The van der Waals surface area contributed by atoms with Crippen LogP contribution >= 0.6 is 0 Å². The molecule has 0 saturated carbocycles. The number of hydrogen-bond donors (Lipinski definition) is 0. The van der Waals surface area contributed by atoms with Crippen LogP contribution < -0.4 is 0 Å². The van der Waals surface area contributed by atoms with Crippen LogP contribution in [-0.4, -0.2) is 4.98 Å². The maximum atomic E-state index is 12.3. The molecule has 0 spiro atoms. The Hall–Kier alpha value is -0.920. The van der Waals surface area contributed by atoms with E-state index >= 15 is 0 Å². The van der Waals surface area contributed by atoms with Gasteiger partial charge in [-0.05, 0) is 38.0 Å². The zero-order valence-corrected chi connectivity index (χ0v) is 7.11. The van der Waals surface area contributed by atoms with E-state index in [0.29, 0.717) is 5.69 Å². The summed E-state index contributed by atoms with van der Waals surface area (Å²) in [6.45, 7) is 5.29. The highest BCUT2D eigenvalue weighted by Gasteiger charge is 2.02. The summed E-state index contributed by atoms with van der Waals surface area (Å²) in [4.78, 5) is 4.08. The second kappa shape index (κ2) is 2.99. The Bertz CT molecular complexity index is 269. The fourth-order valence-electron chi connectivity index (χ4n) is 1.11. The first kappa shape index (κ1) is 8.18. The molecule has 0 radical (unpaired) electrons. The highest BCUT2D eigenvalue weighted by Crippen LogP contribution is 2.12. The van der Waals surface area contributed by atoms with Gasteiger partial charge in [-0.3, -0.25) is 4.98 Å². The van der Waals surface area contributed by atoms with Crippen LogP contribution in [0.3, 0.4) is 0 Å². The normalized spacial score (nSPS) is 10.2. The van der Waals surface area contributed by atoms with Gasteiger partial charge in [-0.15, -0.1) is 0 Å². The molecule has 0 unspecified atom stereocenters. The molecule has 0 aromatic carbocycles. The second-order valence-corrected chi connectivity index (χ2v) is 2.79. The van der Waals surface area contributed by atoms with E-state index in [2.05, 4.69) is 4.98 Å². The zero-order valence-electron chi connectivity index (χ0n) is 7.11. The van der Waals surface area contributed by atoms with Gasteiger partial charge in [0.2, 0.25) is 0 Å². The Morgan fingerprint density at radius 2 is 2.00 bits per heavy atom. The van der Waals surface area contributed by atoms with Crippen molar-refractivity contribution in [3.63, 3.8) is 0 Å². The van der Waals surface area contributed by atoms with E-state index < -0.39 is 6.67 Å². The van der Waals surface area contributed by atoms with Crippen molar-refractivity contribution in [2.75, 3.05) is 0 Å². The van der Waals surface area contributed by atoms with Crippen LogP contribution in [0.4, 0.5) is 4.39 Å². The summed E-state index contributed by atoms with van der Waals surface area (Å²) in [5.41, 5.74) is 3.55. The second-order valence-electron chi connectivity index (χ2n) is 2.79. The van der Waals surface area contributed by atoms with Gasteiger partial charge in [-0.2, -0.15) is 0 Å². The first-order chi connectivity index (χ1) is 5.15. The summed E-state index contributed by atoms with van der Waals surface area (Å²) < 4.78 is 12.3. The van der Waals surface area contributed by atoms with Gasteiger partial charge in [-0.1, -0.05) is 0 Å². The van der Waals surface area contributed by atoms with Crippen molar-refractivity contribution in [3.8, 4) is 0 Å². The van der Waals surface area contributed by atoms with Gasteiger partial charge in [-0.25, -0.2) is 4.39 Å². The lowest BCUT2D eigenvalue weighted by Gasteiger charge is -2.05. The Balaban J connectivity index is 3.24. The van der Waals surface area contributed by atoms with Crippen LogP contribution in [0.15, 0.2) is 6.07 Å². The predicted molar refractivity (Wildman–Crippen MR) is 43.3 cm³/mol. The monoisotopic (exact) mass is 153 g/mol. The molecule has 0 atom stereocenters. The van der Waals surface area contributed by atoms with Crippen LogP contribution in [0, 0.1) is 20.8 Å². The average molecular weight is 153 g/mol. The van der Waals surface area contributed by atoms with Crippen molar-refractivity contribution < 1.29 is 4.39 Å². The number of alkyl halides is 1. The first-order valence-corrected chi connectivity index (χ1v) is 3.65. The number of pyridine rings is 1. The van der Waals surface area contributed by atoms with Gasteiger partial charge in [0, 0.05) is 5.69 Å². The number of rotatable bonds is 1. The summed E-state index contributed by atoms with van der Waals surface area (Å²) in [5.74, 6) is 0. The molecule has 2 heteroatoms. The van der Waals surface area contributed by atoms with Crippen molar-refractivity contribution in [2.45, 2.75) is 27.4 Å². The smallest absolute Gasteiger partial charge is 0.132 e. The summed E-state index contributed by atoms with van der Waals surface area (Å²) >= 11 is 0. The first-order valence-electron chi connectivity index (χ1n) is 3.65. The Morgan fingerprint density at radius 3 is 2.55 bits per heavy atom. The van der Waals surface area contributed by atoms with E-state index in [9.17, 15) is 4.39 Å². The van der Waals surface area contributed by atoms with E-state index in [-0.39, 0.29) is 0 Å². The molecule has 1 aromatic rings. The largest absolute Gasteiger partial charge is 0.255 e. The molecule has 1 aromatic heterocycles. The molecule has 60 valence electrons. The minimum Gasteiger partial charge on any atom is -0.255 e. The minimum absolute atomic E-state index is 0.464. The standard InChI is InChI=1S/C9H12FN/c1-6-4-7(2)11-9(5-10)8(6)3/h4H,5H2,1-3H3. The zero-order chi connectivity index (χ0) is 8.43. The lowest BCUT2D eigenvalue weighted by molar-refractivity contribution is 0.473. The number of halogens is 1. The Morgan fingerprint density at radius 1 is 1.36 bits per heavy atom. The van der Waals surface area contributed by atoms with Gasteiger partial charge in [0.1, 0.15) is 6.67 Å². The van der Waals surface area contributed by atoms with E-state index in [1.807, 2.05) is 26.8 Å². The number of aryl methyl sites for hydroxylation is 2. The molecule has 1 rings (SSSR count). The molecule has 0 N–H and O–H groups in total. The Kier molecular flexibility index (Phi) is 2.22. The molecule has 0 aliphatic heterocycles. The molecule has 1 nitrogen and oxygen atoms in total. The predicted octanol–water partition coefficient (Wildman–Crippen LogP) is 2.48. The molecule has 0 aliphatic rings. The molecular formula is C9H12FN. The number of hydrogen-bond acceptors (Lipinski definition) is 1. The average Bonchev–Trinajstić information content (AvgIpc) is 1.96. The fraction of sp³-hybridized carbons (Fsp3) is 0.444. The quantitative estimate of drug-likeness (QED) is 0.604. The van der Waals surface area contributed by atoms with Gasteiger partial charge < -0.3 is 0 Å². The fourth-order valence-corrected chi connectivity index (χ4v) is 1.11. The lowest BCUT2D eigenvalue weighted by Crippen LogP contribution is -1.96. The molecule has 0 bridgehead atoms. The van der Waals surface area contributed by atoms with Crippen LogP contribution in [0.2, 0.25) is 0 Å².